The molecule has 0 radical (unpaired) electrons. The summed E-state index contributed by atoms with van der Waals surface area (Å²) in [5.74, 6) is 0. The number of piperidine rings is 1. The Morgan fingerprint density at radius 3 is 2.73 bits per heavy atom. The van der Waals surface area contributed by atoms with E-state index in [1.165, 1.54) is 0 Å². The van der Waals surface area contributed by atoms with Crippen molar-refractivity contribution in [2.75, 3.05) is 20.1 Å². The summed E-state index contributed by atoms with van der Waals surface area (Å²) >= 11 is 0. The Kier molecular flexibility index (Phi) is 2.86. The summed E-state index contributed by atoms with van der Waals surface area (Å²) in [6.07, 6.45) is 5.39. The molecule has 15 heavy (non-hydrogen) atoms. The van der Waals surface area contributed by atoms with Crippen LogP contribution < -0.4 is 5.56 Å². The molecule has 1 aliphatic heterocycles. The summed E-state index contributed by atoms with van der Waals surface area (Å²) in [6.45, 7) is 3.94. The van der Waals surface area contributed by atoms with Crippen molar-refractivity contribution in [3.63, 3.8) is 0 Å². The van der Waals surface area contributed by atoms with Crippen molar-refractivity contribution in [1.29, 1.82) is 0 Å². The zero-order chi connectivity index (χ0) is 10.8. The maximum Gasteiger partial charge on any atom is 0.256 e. The van der Waals surface area contributed by atoms with E-state index < -0.39 is 0 Å². The van der Waals surface area contributed by atoms with Crippen LogP contribution in [0.2, 0.25) is 0 Å². The van der Waals surface area contributed by atoms with Crippen LogP contribution in [-0.4, -0.2) is 34.6 Å². The van der Waals surface area contributed by atoms with Gasteiger partial charge in [0.25, 0.3) is 5.56 Å². The minimum Gasteiger partial charge on any atom is -0.306 e. The Morgan fingerprint density at radius 2 is 2.07 bits per heavy atom. The number of hydrogen-bond acceptors (Lipinski definition) is 3. The van der Waals surface area contributed by atoms with E-state index in [2.05, 4.69) is 16.9 Å². The second-order valence-corrected chi connectivity index (χ2v) is 4.32. The highest BCUT2D eigenvalue weighted by molar-refractivity contribution is 5.02. The topological polar surface area (TPSA) is 38.1 Å². The highest BCUT2D eigenvalue weighted by Crippen LogP contribution is 2.19. The normalized spacial score (nSPS) is 19.3. The molecular formula is C11H17N3O. The second kappa shape index (κ2) is 4.14. The van der Waals surface area contributed by atoms with E-state index in [-0.39, 0.29) is 5.56 Å². The van der Waals surface area contributed by atoms with Gasteiger partial charge >= 0.3 is 0 Å². The van der Waals surface area contributed by atoms with Crippen molar-refractivity contribution in [3.05, 3.63) is 28.4 Å². The highest BCUT2D eigenvalue weighted by Gasteiger charge is 2.19. The Morgan fingerprint density at radius 1 is 1.40 bits per heavy atom. The first-order chi connectivity index (χ1) is 7.18. The third-order valence-electron chi connectivity index (χ3n) is 3.11. The first-order valence-electron chi connectivity index (χ1n) is 5.40. The van der Waals surface area contributed by atoms with Gasteiger partial charge in [-0.15, -0.1) is 0 Å². The molecule has 1 fully saturated rings. The van der Waals surface area contributed by atoms with Gasteiger partial charge in [-0.2, -0.15) is 0 Å². The number of hydrogen-bond donors (Lipinski definition) is 0. The van der Waals surface area contributed by atoms with Crippen LogP contribution in [0.3, 0.4) is 0 Å². The molecule has 0 unspecified atom stereocenters. The minimum atomic E-state index is 0.111. The smallest absolute Gasteiger partial charge is 0.256 e. The van der Waals surface area contributed by atoms with Crippen LogP contribution in [0, 0.1) is 6.92 Å². The molecule has 2 rings (SSSR count). The van der Waals surface area contributed by atoms with Gasteiger partial charge in [0, 0.05) is 17.8 Å². The van der Waals surface area contributed by atoms with Gasteiger partial charge in [-0.05, 0) is 39.9 Å². The minimum absolute atomic E-state index is 0.111. The molecule has 0 saturated carbocycles. The molecule has 82 valence electrons. The Bertz CT molecular complexity index is 391. The molecule has 0 atom stereocenters. The van der Waals surface area contributed by atoms with E-state index in [0.29, 0.717) is 6.04 Å². The monoisotopic (exact) mass is 207 g/mol. The molecule has 0 N–H and O–H groups in total. The molecule has 0 spiro atoms. The van der Waals surface area contributed by atoms with Gasteiger partial charge in [0.2, 0.25) is 0 Å². The van der Waals surface area contributed by atoms with Gasteiger partial charge < -0.3 is 4.90 Å². The van der Waals surface area contributed by atoms with Gasteiger partial charge in [0.05, 0.1) is 6.33 Å². The van der Waals surface area contributed by atoms with E-state index in [1.807, 2.05) is 6.92 Å². The second-order valence-electron chi connectivity index (χ2n) is 4.32. The summed E-state index contributed by atoms with van der Waals surface area (Å²) < 4.78 is 1.79. The fourth-order valence-electron chi connectivity index (χ4n) is 2.06. The lowest BCUT2D eigenvalue weighted by molar-refractivity contribution is 0.217. The number of rotatable bonds is 1. The van der Waals surface area contributed by atoms with Crippen LogP contribution in [0.25, 0.3) is 0 Å². The fourth-order valence-corrected chi connectivity index (χ4v) is 2.06. The lowest BCUT2D eigenvalue weighted by Gasteiger charge is -2.29. The van der Waals surface area contributed by atoms with E-state index in [9.17, 15) is 4.79 Å². The van der Waals surface area contributed by atoms with E-state index in [0.717, 1.165) is 31.5 Å². The van der Waals surface area contributed by atoms with Gasteiger partial charge in [-0.25, -0.2) is 4.98 Å². The lowest BCUT2D eigenvalue weighted by Crippen LogP contribution is -2.35. The third kappa shape index (κ3) is 2.09. The molecule has 1 saturated heterocycles. The summed E-state index contributed by atoms with van der Waals surface area (Å²) in [4.78, 5) is 18.2. The van der Waals surface area contributed by atoms with Crippen molar-refractivity contribution in [1.82, 2.24) is 14.5 Å². The zero-order valence-corrected chi connectivity index (χ0v) is 9.31. The average molecular weight is 207 g/mol. The van der Waals surface area contributed by atoms with Crippen LogP contribution in [0.4, 0.5) is 0 Å². The van der Waals surface area contributed by atoms with Gasteiger partial charge in [-0.1, -0.05) is 0 Å². The van der Waals surface area contributed by atoms with Crippen molar-refractivity contribution >= 4 is 0 Å². The van der Waals surface area contributed by atoms with Crippen molar-refractivity contribution in [2.45, 2.75) is 25.8 Å². The summed E-state index contributed by atoms with van der Waals surface area (Å²) in [5, 5.41) is 0. The number of aromatic nitrogens is 2. The maximum atomic E-state index is 11.9. The first kappa shape index (κ1) is 10.4. The van der Waals surface area contributed by atoms with Crippen LogP contribution in [0.15, 0.2) is 17.3 Å². The van der Waals surface area contributed by atoms with Crippen molar-refractivity contribution in [3.8, 4) is 0 Å². The SMILES string of the molecule is Cc1cncn(C2CCN(C)CC2)c1=O. The molecule has 2 heterocycles. The largest absolute Gasteiger partial charge is 0.306 e. The van der Waals surface area contributed by atoms with E-state index in [4.69, 9.17) is 0 Å². The number of aryl methyl sites for hydroxylation is 1. The lowest BCUT2D eigenvalue weighted by atomic mass is 10.1. The van der Waals surface area contributed by atoms with Crippen molar-refractivity contribution in [2.24, 2.45) is 0 Å². The summed E-state index contributed by atoms with van der Waals surface area (Å²) in [7, 11) is 2.12. The molecule has 0 aliphatic carbocycles. The Labute approximate surface area is 89.6 Å². The average Bonchev–Trinajstić information content (AvgIpc) is 2.24. The Hall–Kier alpha value is -1.16. The first-order valence-corrected chi connectivity index (χ1v) is 5.40. The van der Waals surface area contributed by atoms with E-state index in [1.54, 1.807) is 17.1 Å². The standard InChI is InChI=1S/C11H17N3O/c1-9-7-12-8-14(11(9)15)10-3-5-13(2)6-4-10/h7-8,10H,3-6H2,1-2H3. The predicted octanol–water partition coefficient (Wildman–Crippen LogP) is 0.818. The third-order valence-corrected chi connectivity index (χ3v) is 3.11. The van der Waals surface area contributed by atoms with Crippen molar-refractivity contribution < 1.29 is 0 Å². The quantitative estimate of drug-likeness (QED) is 0.684. The predicted molar refractivity (Wildman–Crippen MR) is 59.0 cm³/mol. The van der Waals surface area contributed by atoms with Crippen LogP contribution in [0.5, 0.6) is 0 Å². The van der Waals surface area contributed by atoms with Crippen LogP contribution >= 0.6 is 0 Å². The molecule has 4 heteroatoms. The number of likely N-dealkylation sites (tertiary alicyclic amines) is 1. The maximum absolute atomic E-state index is 11.9. The Balaban J connectivity index is 2.23. The van der Waals surface area contributed by atoms with Crippen LogP contribution in [0.1, 0.15) is 24.4 Å². The molecular weight excluding hydrogens is 190 g/mol. The summed E-state index contributed by atoms with van der Waals surface area (Å²) in [5.41, 5.74) is 0.844. The molecule has 0 amide bonds. The van der Waals surface area contributed by atoms with Gasteiger partial charge in [0.1, 0.15) is 0 Å². The fraction of sp³-hybridized carbons (Fsp3) is 0.636. The molecule has 0 aromatic carbocycles. The molecule has 1 aromatic heterocycles. The number of nitrogens with zero attached hydrogens (tertiary/aromatic N) is 3. The molecule has 1 aromatic rings. The zero-order valence-electron chi connectivity index (χ0n) is 9.31. The molecule has 1 aliphatic rings. The van der Waals surface area contributed by atoms with E-state index >= 15 is 0 Å². The highest BCUT2D eigenvalue weighted by atomic mass is 16.1. The summed E-state index contributed by atoms with van der Waals surface area (Å²) in [6, 6.07) is 0.334. The molecule has 0 bridgehead atoms. The van der Waals surface area contributed by atoms with Crippen LogP contribution in [-0.2, 0) is 0 Å². The van der Waals surface area contributed by atoms with Gasteiger partial charge in [-0.3, -0.25) is 9.36 Å². The van der Waals surface area contributed by atoms with Gasteiger partial charge in [0.15, 0.2) is 0 Å². The molecule has 4 nitrogen and oxygen atoms in total.